The first kappa shape index (κ1) is 30.6. The van der Waals surface area contributed by atoms with E-state index in [4.69, 9.17) is 18.9 Å². The maximum absolute atomic E-state index is 11.3. The average Bonchev–Trinajstić information content (AvgIpc) is 2.93. The van der Waals surface area contributed by atoms with Gasteiger partial charge in [0, 0.05) is 5.41 Å². The largest absolute Gasteiger partial charge is 0.479 e. The lowest BCUT2D eigenvalue weighted by Crippen LogP contribution is -2.61. The van der Waals surface area contributed by atoms with Gasteiger partial charge in [-0.3, -0.25) is 0 Å². The molecule has 8 N–H and O–H groups in total. The molecule has 2 aromatic carbocycles. The summed E-state index contributed by atoms with van der Waals surface area (Å²) in [6.45, 7) is 3.87. The third kappa shape index (κ3) is 6.14. The van der Waals surface area contributed by atoms with Crippen molar-refractivity contribution >= 4 is 11.9 Å². The van der Waals surface area contributed by atoms with E-state index in [1.54, 1.807) is 48.5 Å². The van der Waals surface area contributed by atoms with Crippen LogP contribution in [0.25, 0.3) is 0 Å². The van der Waals surface area contributed by atoms with Gasteiger partial charge in [0.05, 0.1) is 0 Å². The summed E-state index contributed by atoms with van der Waals surface area (Å²) < 4.78 is 21.4. The highest BCUT2D eigenvalue weighted by Crippen LogP contribution is 2.34. The maximum Gasteiger partial charge on any atom is 0.335 e. The minimum absolute atomic E-state index is 0.211. The summed E-state index contributed by atoms with van der Waals surface area (Å²) in [5.41, 5.74) is 1.09. The molecule has 41 heavy (non-hydrogen) atoms. The van der Waals surface area contributed by atoms with E-state index < -0.39 is 78.8 Å². The number of carboxylic acid groups (broad SMARTS) is 2. The normalized spacial score (nSPS) is 34.0. The van der Waals surface area contributed by atoms with Crippen molar-refractivity contribution in [3.05, 3.63) is 59.7 Å². The predicted molar refractivity (Wildman–Crippen MR) is 135 cm³/mol. The second-order valence-electron chi connectivity index (χ2n) is 10.4. The van der Waals surface area contributed by atoms with Gasteiger partial charge in [-0.25, -0.2) is 9.59 Å². The van der Waals surface area contributed by atoms with Crippen LogP contribution in [0.2, 0.25) is 0 Å². The zero-order chi connectivity index (χ0) is 30.2. The number of hydrogen-bond acceptors (Lipinski definition) is 12. The number of aliphatic hydroxyl groups is 6. The van der Waals surface area contributed by atoms with Crippen molar-refractivity contribution < 1.29 is 69.4 Å². The van der Waals surface area contributed by atoms with Gasteiger partial charge >= 0.3 is 11.9 Å². The van der Waals surface area contributed by atoms with E-state index in [0.717, 1.165) is 11.1 Å². The van der Waals surface area contributed by atoms with Crippen molar-refractivity contribution in [3.8, 4) is 11.5 Å². The SMILES string of the molecule is CC(C)(c1ccc(O[C@@H]2O[C@H](C(=O)O)[C@@H](O)C(O)C2O)cc1)c1ccc(O[C@@H]2O[C@H](C(=O)O)[C@@H](O)[C@H](O)[C@H]2O)cc1. The minimum Gasteiger partial charge on any atom is -0.479 e. The molecule has 0 aromatic heterocycles. The molecule has 2 unspecified atom stereocenters. The van der Waals surface area contributed by atoms with E-state index in [2.05, 4.69) is 0 Å². The van der Waals surface area contributed by atoms with Gasteiger partial charge in [-0.05, 0) is 35.4 Å². The van der Waals surface area contributed by atoms with Crippen LogP contribution in [0.4, 0.5) is 0 Å². The van der Waals surface area contributed by atoms with Crippen molar-refractivity contribution in [1.82, 2.24) is 0 Å². The lowest BCUT2D eigenvalue weighted by Gasteiger charge is -2.38. The van der Waals surface area contributed by atoms with Crippen LogP contribution in [-0.2, 0) is 24.5 Å². The Hall–Kier alpha value is -3.34. The molecule has 0 saturated carbocycles. The van der Waals surface area contributed by atoms with Crippen LogP contribution >= 0.6 is 0 Å². The highest BCUT2D eigenvalue weighted by molar-refractivity contribution is 5.73. The summed E-state index contributed by atoms with van der Waals surface area (Å²) >= 11 is 0. The number of ether oxygens (including phenoxy) is 4. The highest BCUT2D eigenvalue weighted by atomic mass is 16.7. The molecular formula is C27H32O14. The Morgan fingerprint density at radius 1 is 0.585 bits per heavy atom. The lowest BCUT2D eigenvalue weighted by molar-refractivity contribution is -0.271. The van der Waals surface area contributed by atoms with Gasteiger partial charge in [0.15, 0.2) is 12.2 Å². The molecular weight excluding hydrogens is 548 g/mol. The number of carbonyl (C=O) groups is 2. The molecule has 2 aromatic rings. The Morgan fingerprint density at radius 3 is 1.20 bits per heavy atom. The molecule has 2 aliphatic heterocycles. The quantitative estimate of drug-likeness (QED) is 0.179. The second kappa shape index (κ2) is 11.9. The van der Waals surface area contributed by atoms with Gasteiger partial charge in [-0.1, -0.05) is 38.1 Å². The molecule has 0 radical (unpaired) electrons. The Bertz CT molecular complexity index is 1120. The van der Waals surface area contributed by atoms with E-state index in [0.29, 0.717) is 0 Å². The van der Waals surface area contributed by atoms with E-state index in [1.807, 2.05) is 13.8 Å². The van der Waals surface area contributed by atoms with Gasteiger partial charge in [-0.15, -0.1) is 0 Å². The molecule has 4 rings (SSSR count). The van der Waals surface area contributed by atoms with Crippen LogP contribution in [0.15, 0.2) is 48.5 Å². The molecule has 2 heterocycles. The Labute approximate surface area is 233 Å². The molecule has 0 amide bonds. The Kier molecular flexibility index (Phi) is 8.87. The number of benzene rings is 2. The fraction of sp³-hybridized carbons (Fsp3) is 0.481. The summed E-state index contributed by atoms with van der Waals surface area (Å²) in [5.74, 6) is -2.62. The fourth-order valence-corrected chi connectivity index (χ4v) is 4.63. The highest BCUT2D eigenvalue weighted by Gasteiger charge is 2.49. The lowest BCUT2D eigenvalue weighted by atomic mass is 9.78. The van der Waals surface area contributed by atoms with E-state index >= 15 is 0 Å². The predicted octanol–water partition coefficient (Wildman–Crippen LogP) is -1.45. The average molecular weight is 581 g/mol. The Balaban J connectivity index is 1.43. The van der Waals surface area contributed by atoms with Crippen molar-refractivity contribution in [2.45, 2.75) is 80.7 Å². The molecule has 0 spiro atoms. The smallest absolute Gasteiger partial charge is 0.335 e. The van der Waals surface area contributed by atoms with Crippen molar-refractivity contribution in [2.24, 2.45) is 0 Å². The summed E-state index contributed by atoms with van der Waals surface area (Å²) in [4.78, 5) is 22.6. The minimum atomic E-state index is -1.83. The fourth-order valence-electron chi connectivity index (χ4n) is 4.63. The number of hydrogen-bond donors (Lipinski definition) is 8. The number of rotatable bonds is 8. The number of aliphatic hydroxyl groups excluding tert-OH is 6. The summed E-state index contributed by atoms with van der Waals surface area (Å²) in [6.07, 6.45) is -17.3. The standard InChI is InChI=1S/C27H32O14/c1-27(2,11-3-7-13(8-4-11)38-25-19(32)15(28)17(30)21(40-25)23(34)35)12-5-9-14(10-6-12)39-26-20(33)16(29)18(31)22(41-26)24(36)37/h3-10,15-22,25-26,28-33H,1-2H3,(H,34,35)(H,36,37)/t15-,16?,17-,18-,19+,20?,21-,22-,25+,26+/m0/s1. The molecule has 2 aliphatic rings. The third-order valence-corrected chi connectivity index (χ3v) is 7.28. The van der Waals surface area contributed by atoms with Gasteiger partial charge in [-0.2, -0.15) is 0 Å². The zero-order valence-corrected chi connectivity index (χ0v) is 21.9. The van der Waals surface area contributed by atoms with Gasteiger partial charge in [0.1, 0.15) is 48.1 Å². The van der Waals surface area contributed by atoms with Crippen LogP contribution in [0, 0.1) is 0 Å². The van der Waals surface area contributed by atoms with Crippen LogP contribution in [0.5, 0.6) is 11.5 Å². The number of carboxylic acids is 2. The van der Waals surface area contributed by atoms with E-state index in [9.17, 15) is 50.4 Å². The topological polar surface area (TPSA) is 233 Å². The van der Waals surface area contributed by atoms with Crippen LogP contribution in [0.3, 0.4) is 0 Å². The van der Waals surface area contributed by atoms with Crippen molar-refractivity contribution in [3.63, 3.8) is 0 Å². The first-order chi connectivity index (χ1) is 19.2. The monoisotopic (exact) mass is 580 g/mol. The molecule has 0 bridgehead atoms. The molecule has 2 fully saturated rings. The molecule has 2 saturated heterocycles. The van der Waals surface area contributed by atoms with Gasteiger partial charge in [0.25, 0.3) is 0 Å². The molecule has 0 aliphatic carbocycles. The summed E-state index contributed by atoms with van der Waals surface area (Å²) in [5, 5.41) is 78.3. The third-order valence-electron chi connectivity index (χ3n) is 7.28. The zero-order valence-electron chi connectivity index (χ0n) is 21.9. The van der Waals surface area contributed by atoms with Crippen molar-refractivity contribution in [2.75, 3.05) is 0 Å². The Morgan fingerprint density at radius 2 is 0.902 bits per heavy atom. The van der Waals surface area contributed by atoms with Crippen LogP contribution in [-0.4, -0.2) is 114 Å². The van der Waals surface area contributed by atoms with E-state index in [1.165, 1.54) is 0 Å². The molecule has 14 nitrogen and oxygen atoms in total. The maximum atomic E-state index is 11.3. The van der Waals surface area contributed by atoms with Gasteiger partial charge < -0.3 is 59.8 Å². The van der Waals surface area contributed by atoms with Crippen molar-refractivity contribution in [1.29, 1.82) is 0 Å². The molecule has 10 atom stereocenters. The van der Waals surface area contributed by atoms with Gasteiger partial charge in [0.2, 0.25) is 12.6 Å². The number of aliphatic carboxylic acids is 2. The van der Waals surface area contributed by atoms with Crippen LogP contribution in [0.1, 0.15) is 25.0 Å². The first-order valence-electron chi connectivity index (χ1n) is 12.6. The molecule has 224 valence electrons. The van der Waals surface area contributed by atoms with Crippen LogP contribution < -0.4 is 9.47 Å². The van der Waals surface area contributed by atoms with E-state index in [-0.39, 0.29) is 11.5 Å². The first-order valence-corrected chi connectivity index (χ1v) is 12.6. The summed E-state index contributed by atoms with van der Waals surface area (Å²) in [7, 11) is 0. The summed E-state index contributed by atoms with van der Waals surface area (Å²) in [6, 6.07) is 13.2. The molecule has 14 heteroatoms. The second-order valence-corrected chi connectivity index (χ2v) is 10.4.